The Morgan fingerprint density at radius 1 is 1.32 bits per heavy atom. The van der Waals surface area contributed by atoms with Crippen molar-refractivity contribution >= 4 is 12.0 Å². The number of piperidine rings is 1. The Kier molecular flexibility index (Phi) is 2.20. The molecule has 0 N–H and O–H groups in total. The van der Waals surface area contributed by atoms with Crippen molar-refractivity contribution in [3.05, 3.63) is 35.9 Å². The lowest BCUT2D eigenvalue weighted by atomic mass is 10.1. The molecule has 0 unspecified atom stereocenters. The van der Waals surface area contributed by atoms with Crippen molar-refractivity contribution in [3.63, 3.8) is 0 Å². The molecule has 2 heterocycles. The summed E-state index contributed by atoms with van der Waals surface area (Å²) in [5.74, 6) is -0.263. The minimum atomic E-state index is -0.546. The van der Waals surface area contributed by atoms with E-state index in [1.165, 1.54) is 4.90 Å². The van der Waals surface area contributed by atoms with E-state index < -0.39 is 6.09 Å². The van der Waals surface area contributed by atoms with E-state index >= 15 is 0 Å². The summed E-state index contributed by atoms with van der Waals surface area (Å²) in [7, 11) is 0. The van der Waals surface area contributed by atoms with E-state index in [4.69, 9.17) is 9.47 Å². The average molecular weight is 259 g/mol. The normalized spacial score (nSPS) is 34.3. The van der Waals surface area contributed by atoms with Gasteiger partial charge in [-0.1, -0.05) is 30.3 Å². The van der Waals surface area contributed by atoms with Crippen molar-refractivity contribution in [3.8, 4) is 0 Å². The van der Waals surface area contributed by atoms with E-state index in [-0.39, 0.29) is 36.7 Å². The number of rotatable bonds is 2. The smallest absolute Gasteiger partial charge is 0.417 e. The quantitative estimate of drug-likeness (QED) is 0.752. The summed E-state index contributed by atoms with van der Waals surface area (Å²) in [5.41, 5.74) is 0.910. The van der Waals surface area contributed by atoms with Crippen molar-refractivity contribution in [1.82, 2.24) is 4.90 Å². The molecule has 98 valence electrons. The summed E-state index contributed by atoms with van der Waals surface area (Å²) >= 11 is 0. The second-order valence-electron chi connectivity index (χ2n) is 5.22. The molecule has 0 aromatic heterocycles. The van der Waals surface area contributed by atoms with Crippen molar-refractivity contribution in [2.45, 2.75) is 31.3 Å². The van der Waals surface area contributed by atoms with Gasteiger partial charge in [-0.3, -0.25) is 4.79 Å². The van der Waals surface area contributed by atoms with Gasteiger partial charge in [-0.25, -0.2) is 9.69 Å². The molecule has 1 aromatic carbocycles. The molecular weight excluding hydrogens is 246 g/mol. The van der Waals surface area contributed by atoms with Crippen LogP contribution in [0.5, 0.6) is 0 Å². The van der Waals surface area contributed by atoms with Crippen molar-refractivity contribution in [2.75, 3.05) is 0 Å². The Balaban J connectivity index is 1.43. The van der Waals surface area contributed by atoms with E-state index in [1.54, 1.807) is 0 Å². The van der Waals surface area contributed by atoms with Crippen LogP contribution in [0, 0.1) is 5.92 Å². The highest BCUT2D eigenvalue weighted by Gasteiger charge is 2.68. The average Bonchev–Trinajstić information content (AvgIpc) is 3.07. The molecule has 2 amide bonds. The number of amides is 2. The zero-order valence-corrected chi connectivity index (χ0v) is 10.2. The molecule has 1 saturated carbocycles. The predicted molar refractivity (Wildman–Crippen MR) is 64.0 cm³/mol. The fraction of sp³-hybridized carbons (Fsp3) is 0.429. The molecule has 19 heavy (non-hydrogen) atoms. The Labute approximate surface area is 110 Å². The molecule has 4 rings (SSSR count). The lowest BCUT2D eigenvalue weighted by molar-refractivity contribution is -0.131. The highest BCUT2D eigenvalue weighted by molar-refractivity contribution is 5.97. The maximum Gasteiger partial charge on any atom is 0.417 e. The van der Waals surface area contributed by atoms with E-state index in [1.807, 2.05) is 30.3 Å². The molecule has 4 atom stereocenters. The Morgan fingerprint density at radius 3 is 2.84 bits per heavy atom. The van der Waals surface area contributed by atoms with Gasteiger partial charge in [-0.15, -0.1) is 0 Å². The standard InChI is InChI=1S/C14H13NO4/c16-13-9-6-10(12-11(9)19-12)15(13)14(17)18-7-8-4-2-1-3-5-8/h1-5,9-12H,6-7H2/t9-,10+,11+,12-/m1/s1. The van der Waals surface area contributed by atoms with Crippen LogP contribution < -0.4 is 0 Å². The molecule has 1 aliphatic carbocycles. The first-order valence-corrected chi connectivity index (χ1v) is 6.45. The van der Waals surface area contributed by atoms with Gasteiger partial charge in [0.2, 0.25) is 5.91 Å². The Hall–Kier alpha value is -1.88. The number of carbonyl (C=O) groups is 2. The molecule has 3 aliphatic rings. The largest absolute Gasteiger partial charge is 0.444 e. The zero-order chi connectivity index (χ0) is 13.0. The predicted octanol–water partition coefficient (Wildman–Crippen LogP) is 1.32. The minimum absolute atomic E-state index is 0.0620. The number of epoxide rings is 1. The van der Waals surface area contributed by atoms with E-state index in [0.717, 1.165) is 12.0 Å². The fourth-order valence-electron chi connectivity index (χ4n) is 3.15. The van der Waals surface area contributed by atoms with Crippen LogP contribution >= 0.6 is 0 Å². The lowest BCUT2D eigenvalue weighted by Gasteiger charge is -2.22. The van der Waals surface area contributed by atoms with Crippen LogP contribution in [-0.2, 0) is 20.9 Å². The summed E-state index contributed by atoms with van der Waals surface area (Å²) in [5, 5.41) is 0. The SMILES string of the molecule is O=C(OCc1ccccc1)N1C(=O)[C@@H]2C[C@H]1[C@H]1O[C@H]12. The third-order valence-corrected chi connectivity index (χ3v) is 4.12. The molecule has 0 radical (unpaired) electrons. The van der Waals surface area contributed by atoms with Crippen LogP contribution in [0.25, 0.3) is 0 Å². The first-order valence-electron chi connectivity index (χ1n) is 6.45. The van der Waals surface area contributed by atoms with Gasteiger partial charge in [-0.05, 0) is 12.0 Å². The maximum absolute atomic E-state index is 12.0. The van der Waals surface area contributed by atoms with Gasteiger partial charge in [0.1, 0.15) is 12.7 Å². The molecule has 2 aliphatic heterocycles. The first kappa shape index (κ1) is 11.0. The van der Waals surface area contributed by atoms with Crippen molar-refractivity contribution < 1.29 is 19.1 Å². The molecule has 2 bridgehead atoms. The number of carbonyl (C=O) groups excluding carboxylic acids is 2. The molecule has 5 heteroatoms. The molecular formula is C14H13NO4. The summed E-state index contributed by atoms with van der Waals surface area (Å²) < 4.78 is 10.6. The van der Waals surface area contributed by atoms with Crippen LogP contribution in [-0.4, -0.2) is 35.2 Å². The third kappa shape index (κ3) is 1.58. The van der Waals surface area contributed by atoms with Crippen LogP contribution in [0.4, 0.5) is 4.79 Å². The summed E-state index contributed by atoms with van der Waals surface area (Å²) in [6, 6.07) is 9.32. The number of imide groups is 1. The van der Waals surface area contributed by atoms with E-state index in [2.05, 4.69) is 0 Å². The molecule has 5 nitrogen and oxygen atoms in total. The van der Waals surface area contributed by atoms with Gasteiger partial charge in [0.05, 0.1) is 18.1 Å². The minimum Gasteiger partial charge on any atom is -0.444 e. The number of hydrogen-bond acceptors (Lipinski definition) is 4. The van der Waals surface area contributed by atoms with Gasteiger partial charge >= 0.3 is 6.09 Å². The van der Waals surface area contributed by atoms with Gasteiger partial charge in [-0.2, -0.15) is 0 Å². The van der Waals surface area contributed by atoms with Crippen LogP contribution in [0.3, 0.4) is 0 Å². The Bertz CT molecular complexity index is 544. The second kappa shape index (κ2) is 3.81. The van der Waals surface area contributed by atoms with Crippen molar-refractivity contribution in [2.24, 2.45) is 5.92 Å². The fourth-order valence-corrected chi connectivity index (χ4v) is 3.15. The van der Waals surface area contributed by atoms with Crippen LogP contribution in [0.1, 0.15) is 12.0 Å². The van der Waals surface area contributed by atoms with Crippen LogP contribution in [0.15, 0.2) is 30.3 Å². The summed E-state index contributed by atoms with van der Waals surface area (Å²) in [6.07, 6.45) is 0.312. The second-order valence-corrected chi connectivity index (χ2v) is 5.22. The summed E-state index contributed by atoms with van der Waals surface area (Å²) in [4.78, 5) is 25.3. The van der Waals surface area contributed by atoms with Crippen molar-refractivity contribution in [1.29, 1.82) is 0 Å². The van der Waals surface area contributed by atoms with E-state index in [0.29, 0.717) is 0 Å². The highest BCUT2D eigenvalue weighted by Crippen LogP contribution is 2.51. The zero-order valence-electron chi connectivity index (χ0n) is 10.2. The number of fused-ring (bicyclic) bond motifs is 5. The highest BCUT2D eigenvalue weighted by atomic mass is 16.6. The van der Waals surface area contributed by atoms with Gasteiger partial charge in [0.15, 0.2) is 0 Å². The number of likely N-dealkylation sites (tertiary alicyclic amines) is 1. The molecule has 1 aromatic rings. The maximum atomic E-state index is 12.0. The lowest BCUT2D eigenvalue weighted by Crippen LogP contribution is -2.45. The monoisotopic (exact) mass is 259 g/mol. The van der Waals surface area contributed by atoms with E-state index in [9.17, 15) is 9.59 Å². The molecule has 3 fully saturated rings. The van der Waals surface area contributed by atoms with Gasteiger partial charge in [0, 0.05) is 0 Å². The van der Waals surface area contributed by atoms with Gasteiger partial charge < -0.3 is 9.47 Å². The number of ether oxygens (including phenoxy) is 2. The summed E-state index contributed by atoms with van der Waals surface area (Å²) in [6.45, 7) is 0.190. The van der Waals surface area contributed by atoms with Gasteiger partial charge in [0.25, 0.3) is 0 Å². The molecule has 0 spiro atoms. The Morgan fingerprint density at radius 2 is 2.11 bits per heavy atom. The van der Waals surface area contributed by atoms with Crippen LogP contribution in [0.2, 0.25) is 0 Å². The first-order chi connectivity index (χ1) is 9.25. The molecule has 2 saturated heterocycles. The topological polar surface area (TPSA) is 59.1 Å². The number of nitrogens with zero attached hydrogens (tertiary/aromatic N) is 1. The number of benzene rings is 1. The number of hydrogen-bond donors (Lipinski definition) is 0. The third-order valence-electron chi connectivity index (χ3n) is 4.12.